The molecule has 0 spiro atoms. The second kappa shape index (κ2) is 7.15. The number of thiocarbonyl (C=S) groups is 1. The molecule has 21 heavy (non-hydrogen) atoms. The molecule has 0 saturated carbocycles. The Bertz CT molecular complexity index is 582. The van der Waals surface area contributed by atoms with Crippen molar-refractivity contribution in [1.29, 1.82) is 0 Å². The standard InChI is InChI=1S/C13H13NO4S3/c1-20-6-4-9(12(16)17)14-11(15)10(21-13(14)19)7-8-3-2-5-18-8/h2-3,5,7,9H,4,6H2,1H3,(H,16,17)/b10-7-. The molecule has 1 atom stereocenters. The number of carbonyl (C=O) groups excluding carboxylic acids is 1. The van der Waals surface area contributed by atoms with Crippen molar-refractivity contribution in [2.45, 2.75) is 12.5 Å². The number of rotatable bonds is 6. The van der Waals surface area contributed by atoms with Crippen molar-refractivity contribution < 1.29 is 19.1 Å². The molecule has 1 aromatic heterocycles. The molecule has 1 amide bonds. The minimum Gasteiger partial charge on any atom is -0.480 e. The number of carboxylic acids is 1. The van der Waals surface area contributed by atoms with Gasteiger partial charge in [0.1, 0.15) is 16.1 Å². The van der Waals surface area contributed by atoms with Crippen LogP contribution in [0.4, 0.5) is 0 Å². The summed E-state index contributed by atoms with van der Waals surface area (Å²) < 4.78 is 5.43. The van der Waals surface area contributed by atoms with Crippen LogP contribution in [0.15, 0.2) is 27.7 Å². The van der Waals surface area contributed by atoms with E-state index >= 15 is 0 Å². The number of carbonyl (C=O) groups is 2. The second-order valence-electron chi connectivity index (χ2n) is 4.20. The molecular weight excluding hydrogens is 330 g/mol. The summed E-state index contributed by atoms with van der Waals surface area (Å²) in [6.07, 6.45) is 5.33. The number of carboxylic acid groups (broad SMARTS) is 1. The Kier molecular flexibility index (Phi) is 5.49. The highest BCUT2D eigenvalue weighted by Crippen LogP contribution is 2.34. The molecule has 1 N–H and O–H groups in total. The number of hydrogen-bond donors (Lipinski definition) is 1. The summed E-state index contributed by atoms with van der Waals surface area (Å²) in [5.41, 5.74) is 0. The van der Waals surface area contributed by atoms with Crippen molar-refractivity contribution in [3.8, 4) is 0 Å². The molecule has 8 heteroatoms. The molecule has 1 saturated heterocycles. The summed E-state index contributed by atoms with van der Waals surface area (Å²) in [6.45, 7) is 0. The van der Waals surface area contributed by atoms with Crippen LogP contribution in [0.2, 0.25) is 0 Å². The second-order valence-corrected chi connectivity index (χ2v) is 6.86. The van der Waals surface area contributed by atoms with Crippen molar-refractivity contribution >= 4 is 58.0 Å². The third kappa shape index (κ3) is 3.69. The molecule has 1 aliphatic rings. The van der Waals surface area contributed by atoms with Crippen LogP contribution >= 0.6 is 35.7 Å². The van der Waals surface area contributed by atoms with E-state index in [1.807, 2.05) is 6.26 Å². The van der Waals surface area contributed by atoms with Crippen molar-refractivity contribution in [3.63, 3.8) is 0 Å². The zero-order chi connectivity index (χ0) is 15.4. The fraction of sp³-hybridized carbons (Fsp3) is 0.308. The van der Waals surface area contributed by atoms with Crippen LogP contribution in [0.25, 0.3) is 6.08 Å². The molecule has 0 bridgehead atoms. The van der Waals surface area contributed by atoms with Gasteiger partial charge in [0.15, 0.2) is 0 Å². The fourth-order valence-electron chi connectivity index (χ4n) is 1.84. The molecule has 0 aliphatic carbocycles. The Morgan fingerprint density at radius 3 is 3.00 bits per heavy atom. The van der Waals surface area contributed by atoms with Gasteiger partial charge in [-0.15, -0.1) is 0 Å². The summed E-state index contributed by atoms with van der Waals surface area (Å²) >= 11 is 7.79. The highest BCUT2D eigenvalue weighted by molar-refractivity contribution is 8.26. The molecule has 112 valence electrons. The zero-order valence-corrected chi connectivity index (χ0v) is 13.6. The van der Waals surface area contributed by atoms with E-state index in [0.29, 0.717) is 22.8 Å². The zero-order valence-electron chi connectivity index (χ0n) is 11.1. The van der Waals surface area contributed by atoms with Crippen molar-refractivity contribution in [2.75, 3.05) is 12.0 Å². The molecule has 1 fully saturated rings. The van der Waals surface area contributed by atoms with Crippen molar-refractivity contribution in [1.82, 2.24) is 4.90 Å². The number of furan rings is 1. The van der Waals surface area contributed by atoms with E-state index in [1.54, 1.807) is 18.2 Å². The van der Waals surface area contributed by atoms with E-state index in [2.05, 4.69) is 0 Å². The highest BCUT2D eigenvalue weighted by atomic mass is 32.2. The Labute approximate surface area is 135 Å². The number of hydrogen-bond acceptors (Lipinski definition) is 6. The average Bonchev–Trinajstić information content (AvgIpc) is 3.02. The van der Waals surface area contributed by atoms with Gasteiger partial charge in [0, 0.05) is 6.08 Å². The van der Waals surface area contributed by atoms with Crippen LogP contribution in [0.3, 0.4) is 0 Å². The molecular formula is C13H13NO4S3. The SMILES string of the molecule is CSCCC(C(=O)O)N1C(=O)/C(=C/c2ccco2)SC1=S. The van der Waals surface area contributed by atoms with Crippen LogP contribution in [-0.2, 0) is 9.59 Å². The van der Waals surface area contributed by atoms with Crippen LogP contribution < -0.4 is 0 Å². The first kappa shape index (κ1) is 16.1. The summed E-state index contributed by atoms with van der Waals surface area (Å²) in [7, 11) is 0. The topological polar surface area (TPSA) is 70.8 Å². The normalized spacial score (nSPS) is 18.5. The third-order valence-electron chi connectivity index (χ3n) is 2.83. The first-order valence-corrected chi connectivity index (χ1v) is 8.68. The van der Waals surface area contributed by atoms with Gasteiger partial charge in [-0.2, -0.15) is 11.8 Å². The average molecular weight is 343 g/mol. The Balaban J connectivity index is 2.22. The smallest absolute Gasteiger partial charge is 0.326 e. The van der Waals surface area contributed by atoms with Gasteiger partial charge in [0.05, 0.1) is 11.2 Å². The molecule has 0 radical (unpaired) electrons. The van der Waals surface area contributed by atoms with Crippen LogP contribution in [0.1, 0.15) is 12.2 Å². The maximum Gasteiger partial charge on any atom is 0.326 e. The van der Waals surface area contributed by atoms with E-state index in [9.17, 15) is 14.7 Å². The predicted molar refractivity (Wildman–Crippen MR) is 88.1 cm³/mol. The van der Waals surface area contributed by atoms with Crippen LogP contribution in [-0.4, -0.2) is 44.3 Å². The van der Waals surface area contributed by atoms with Crippen molar-refractivity contribution in [3.05, 3.63) is 29.1 Å². The lowest BCUT2D eigenvalue weighted by Gasteiger charge is -2.22. The summed E-state index contributed by atoms with van der Waals surface area (Å²) in [4.78, 5) is 25.4. The van der Waals surface area contributed by atoms with E-state index in [4.69, 9.17) is 16.6 Å². The maximum atomic E-state index is 12.4. The Morgan fingerprint density at radius 1 is 1.67 bits per heavy atom. The van der Waals surface area contributed by atoms with Gasteiger partial charge < -0.3 is 9.52 Å². The molecule has 1 aliphatic heterocycles. The molecule has 2 rings (SSSR count). The Hall–Kier alpha value is -1.25. The van der Waals surface area contributed by atoms with E-state index in [1.165, 1.54) is 22.9 Å². The summed E-state index contributed by atoms with van der Waals surface area (Å²) in [5.74, 6) is -0.244. The Morgan fingerprint density at radius 2 is 2.43 bits per heavy atom. The predicted octanol–water partition coefficient (Wildman–Crippen LogP) is 2.69. The van der Waals surface area contributed by atoms with Gasteiger partial charge in [0.25, 0.3) is 5.91 Å². The van der Waals surface area contributed by atoms with E-state index < -0.39 is 12.0 Å². The van der Waals surface area contributed by atoms with Gasteiger partial charge in [-0.25, -0.2) is 4.79 Å². The molecule has 5 nitrogen and oxygen atoms in total. The fourth-order valence-corrected chi connectivity index (χ4v) is 3.64. The largest absolute Gasteiger partial charge is 0.480 e. The monoisotopic (exact) mass is 343 g/mol. The minimum absolute atomic E-state index is 0.270. The van der Waals surface area contributed by atoms with Crippen LogP contribution in [0, 0.1) is 0 Å². The van der Waals surface area contributed by atoms with Gasteiger partial charge in [-0.3, -0.25) is 9.69 Å². The number of amides is 1. The molecule has 1 aromatic rings. The molecule has 0 aromatic carbocycles. The van der Waals surface area contributed by atoms with Gasteiger partial charge in [0.2, 0.25) is 0 Å². The quantitative estimate of drug-likeness (QED) is 0.629. The lowest BCUT2D eigenvalue weighted by atomic mass is 10.2. The molecule has 1 unspecified atom stereocenters. The summed E-state index contributed by atoms with van der Waals surface area (Å²) in [5, 5.41) is 9.33. The number of nitrogens with zero attached hydrogens (tertiary/aromatic N) is 1. The minimum atomic E-state index is -1.04. The number of aliphatic carboxylic acids is 1. The van der Waals surface area contributed by atoms with Crippen molar-refractivity contribution in [2.24, 2.45) is 0 Å². The number of thioether (sulfide) groups is 2. The van der Waals surface area contributed by atoms with Gasteiger partial charge in [-0.05, 0) is 30.6 Å². The highest BCUT2D eigenvalue weighted by Gasteiger charge is 2.40. The first-order chi connectivity index (χ1) is 10.0. The van der Waals surface area contributed by atoms with Crippen LogP contribution in [0.5, 0.6) is 0 Å². The molecule has 2 heterocycles. The van der Waals surface area contributed by atoms with E-state index in [0.717, 1.165) is 11.8 Å². The third-order valence-corrected chi connectivity index (χ3v) is 4.81. The first-order valence-electron chi connectivity index (χ1n) is 6.07. The van der Waals surface area contributed by atoms with E-state index in [-0.39, 0.29) is 10.2 Å². The maximum absolute atomic E-state index is 12.4. The van der Waals surface area contributed by atoms with Gasteiger partial charge in [-0.1, -0.05) is 24.0 Å². The lowest BCUT2D eigenvalue weighted by Crippen LogP contribution is -2.44. The summed E-state index contributed by atoms with van der Waals surface area (Å²) in [6, 6.07) is 2.51. The van der Waals surface area contributed by atoms with Gasteiger partial charge >= 0.3 is 5.97 Å². The lowest BCUT2D eigenvalue weighted by molar-refractivity contribution is -0.145.